The SMILES string of the molecule is CC(C)(C1=C2CC2C(c2cccc3c2oc2c4ccccc4ccc32)=C1)c1ccccc1Nc1ccccc1. The second kappa shape index (κ2) is 8.22. The number of hydrogen-bond donors (Lipinski definition) is 1. The van der Waals surface area contributed by atoms with Crippen molar-refractivity contribution in [1.29, 1.82) is 0 Å². The maximum atomic E-state index is 6.70. The summed E-state index contributed by atoms with van der Waals surface area (Å²) in [5.41, 5.74) is 11.1. The summed E-state index contributed by atoms with van der Waals surface area (Å²) >= 11 is 0. The lowest BCUT2D eigenvalue weighted by Gasteiger charge is -2.29. The minimum absolute atomic E-state index is 0.137. The highest BCUT2D eigenvalue weighted by Gasteiger charge is 2.46. The van der Waals surface area contributed by atoms with E-state index in [0.29, 0.717) is 5.92 Å². The molecule has 5 aromatic carbocycles. The first-order chi connectivity index (χ1) is 19.1. The van der Waals surface area contributed by atoms with Crippen LogP contribution in [0.25, 0.3) is 38.3 Å². The summed E-state index contributed by atoms with van der Waals surface area (Å²) < 4.78 is 6.70. The van der Waals surface area contributed by atoms with Crippen LogP contribution < -0.4 is 5.32 Å². The lowest BCUT2D eigenvalue weighted by molar-refractivity contribution is 0.640. The first-order valence-corrected chi connectivity index (χ1v) is 13.8. The Labute approximate surface area is 228 Å². The van der Waals surface area contributed by atoms with Gasteiger partial charge in [-0.3, -0.25) is 0 Å². The van der Waals surface area contributed by atoms with E-state index < -0.39 is 0 Å². The summed E-state index contributed by atoms with van der Waals surface area (Å²) in [4.78, 5) is 0. The van der Waals surface area contributed by atoms with Crippen LogP contribution in [0.1, 0.15) is 31.4 Å². The first kappa shape index (κ1) is 22.4. The predicted molar refractivity (Wildman–Crippen MR) is 164 cm³/mol. The number of rotatable bonds is 5. The van der Waals surface area contributed by atoms with Crippen molar-refractivity contribution >= 4 is 49.7 Å². The van der Waals surface area contributed by atoms with Gasteiger partial charge in [0.1, 0.15) is 11.2 Å². The van der Waals surface area contributed by atoms with Crippen LogP contribution in [0.2, 0.25) is 0 Å². The molecule has 39 heavy (non-hydrogen) atoms. The van der Waals surface area contributed by atoms with Crippen molar-refractivity contribution in [2.24, 2.45) is 5.92 Å². The lowest BCUT2D eigenvalue weighted by Crippen LogP contribution is -2.21. The molecule has 0 aliphatic heterocycles. The van der Waals surface area contributed by atoms with Gasteiger partial charge >= 0.3 is 0 Å². The molecule has 2 heteroatoms. The van der Waals surface area contributed by atoms with Crippen molar-refractivity contribution in [3.63, 3.8) is 0 Å². The number of allylic oxidation sites excluding steroid dienone is 4. The third-order valence-corrected chi connectivity index (χ3v) is 8.73. The van der Waals surface area contributed by atoms with E-state index in [4.69, 9.17) is 4.42 Å². The Balaban J connectivity index is 1.23. The fourth-order valence-corrected chi connectivity index (χ4v) is 6.67. The number of para-hydroxylation sites is 3. The second-order valence-corrected chi connectivity index (χ2v) is 11.4. The van der Waals surface area contributed by atoms with Gasteiger partial charge < -0.3 is 9.73 Å². The molecule has 0 spiro atoms. The zero-order chi connectivity index (χ0) is 26.1. The van der Waals surface area contributed by atoms with Gasteiger partial charge in [0.2, 0.25) is 0 Å². The number of furan rings is 1. The van der Waals surface area contributed by atoms with Gasteiger partial charge in [0.25, 0.3) is 0 Å². The summed E-state index contributed by atoms with van der Waals surface area (Å²) in [5, 5.41) is 8.44. The van der Waals surface area contributed by atoms with Gasteiger partial charge in [-0.15, -0.1) is 0 Å². The van der Waals surface area contributed by atoms with Crippen LogP contribution >= 0.6 is 0 Å². The van der Waals surface area contributed by atoms with E-state index in [1.165, 1.54) is 43.8 Å². The van der Waals surface area contributed by atoms with E-state index in [0.717, 1.165) is 29.0 Å². The zero-order valence-corrected chi connectivity index (χ0v) is 22.2. The number of fused-ring (bicyclic) bond motifs is 6. The van der Waals surface area contributed by atoms with Crippen LogP contribution in [0.5, 0.6) is 0 Å². The molecule has 2 aliphatic carbocycles. The van der Waals surface area contributed by atoms with Gasteiger partial charge in [0, 0.05) is 44.4 Å². The summed E-state index contributed by atoms with van der Waals surface area (Å²) in [6.07, 6.45) is 3.60. The summed E-state index contributed by atoms with van der Waals surface area (Å²) in [6.45, 7) is 4.73. The minimum atomic E-state index is -0.137. The molecule has 8 rings (SSSR count). The van der Waals surface area contributed by atoms with Gasteiger partial charge in [-0.25, -0.2) is 0 Å². The highest BCUT2D eigenvalue weighted by molar-refractivity contribution is 6.16. The molecule has 1 atom stereocenters. The molecule has 0 radical (unpaired) electrons. The highest BCUT2D eigenvalue weighted by atomic mass is 16.3. The van der Waals surface area contributed by atoms with E-state index >= 15 is 0 Å². The molecule has 0 saturated heterocycles. The van der Waals surface area contributed by atoms with E-state index in [1.54, 1.807) is 5.57 Å². The topological polar surface area (TPSA) is 25.2 Å². The third kappa shape index (κ3) is 3.41. The monoisotopic (exact) mass is 503 g/mol. The van der Waals surface area contributed by atoms with Crippen LogP contribution in [0.4, 0.5) is 11.4 Å². The lowest BCUT2D eigenvalue weighted by atomic mass is 9.76. The van der Waals surface area contributed by atoms with Crippen molar-refractivity contribution in [2.75, 3.05) is 5.32 Å². The fourth-order valence-electron chi connectivity index (χ4n) is 6.67. The van der Waals surface area contributed by atoms with Gasteiger partial charge in [-0.2, -0.15) is 0 Å². The largest absolute Gasteiger partial charge is 0.455 e. The number of anilines is 2. The number of benzene rings is 5. The Morgan fingerprint density at radius 1 is 0.692 bits per heavy atom. The zero-order valence-electron chi connectivity index (χ0n) is 22.2. The maximum absolute atomic E-state index is 6.70. The van der Waals surface area contributed by atoms with Crippen molar-refractivity contribution in [3.05, 3.63) is 138 Å². The number of nitrogens with one attached hydrogen (secondary N) is 1. The molecule has 1 heterocycles. The molecule has 188 valence electrons. The van der Waals surface area contributed by atoms with E-state index in [2.05, 4.69) is 134 Å². The number of hydrogen-bond acceptors (Lipinski definition) is 2. The van der Waals surface area contributed by atoms with Crippen molar-refractivity contribution in [2.45, 2.75) is 25.7 Å². The van der Waals surface area contributed by atoms with E-state index in [1.807, 2.05) is 0 Å². The summed E-state index contributed by atoms with van der Waals surface area (Å²) in [6, 6.07) is 38.7. The molecule has 1 unspecified atom stereocenters. The average Bonchev–Trinajstić information content (AvgIpc) is 3.50. The van der Waals surface area contributed by atoms with Crippen LogP contribution in [-0.2, 0) is 5.41 Å². The fraction of sp³-hybridized carbons (Fsp3) is 0.135. The molecule has 2 nitrogen and oxygen atoms in total. The smallest absolute Gasteiger partial charge is 0.143 e. The van der Waals surface area contributed by atoms with Gasteiger partial charge in [-0.05, 0) is 52.8 Å². The Hall–Kier alpha value is -4.56. The third-order valence-electron chi connectivity index (χ3n) is 8.73. The molecular formula is C37H29NO. The molecule has 1 fully saturated rings. The predicted octanol–water partition coefficient (Wildman–Crippen LogP) is 10.2. The van der Waals surface area contributed by atoms with Crippen LogP contribution in [0.15, 0.2) is 131 Å². The molecule has 1 saturated carbocycles. The summed E-state index contributed by atoms with van der Waals surface area (Å²) in [5.74, 6) is 0.490. The average molecular weight is 504 g/mol. The molecule has 0 bridgehead atoms. The van der Waals surface area contributed by atoms with Gasteiger partial charge in [0.05, 0.1) is 0 Å². The van der Waals surface area contributed by atoms with Gasteiger partial charge in [-0.1, -0.05) is 110 Å². The summed E-state index contributed by atoms with van der Waals surface area (Å²) in [7, 11) is 0. The molecule has 1 N–H and O–H groups in total. The molecule has 1 aromatic heterocycles. The Bertz CT molecular complexity index is 1990. The van der Waals surface area contributed by atoms with E-state index in [-0.39, 0.29) is 5.41 Å². The van der Waals surface area contributed by atoms with E-state index in [9.17, 15) is 0 Å². The molecule has 2 aliphatic rings. The minimum Gasteiger partial charge on any atom is -0.455 e. The normalized spacial score (nSPS) is 16.7. The quantitative estimate of drug-likeness (QED) is 0.253. The molecule has 6 aromatic rings. The van der Waals surface area contributed by atoms with Crippen LogP contribution in [-0.4, -0.2) is 0 Å². The van der Waals surface area contributed by atoms with Crippen LogP contribution in [0.3, 0.4) is 0 Å². The standard InChI is InChI=1S/C37H29NO/c1-37(2,32-17-8-9-18-34(32)38-24-12-4-3-5-13-24)33-22-30(29-21-31(29)33)27-16-10-15-26-28-20-19-23-11-6-7-14-25(23)35(28)39-36(26)27/h3-20,22,29,38H,21H2,1-2H3. The maximum Gasteiger partial charge on any atom is 0.143 e. The Kier molecular flexibility index (Phi) is 4.73. The highest BCUT2D eigenvalue weighted by Crippen LogP contribution is 2.60. The van der Waals surface area contributed by atoms with Crippen LogP contribution in [0, 0.1) is 5.92 Å². The first-order valence-electron chi connectivity index (χ1n) is 13.8. The van der Waals surface area contributed by atoms with Crippen molar-refractivity contribution in [1.82, 2.24) is 0 Å². The van der Waals surface area contributed by atoms with Crippen molar-refractivity contribution < 1.29 is 4.42 Å². The molecule has 0 amide bonds. The Morgan fingerprint density at radius 2 is 1.44 bits per heavy atom. The second-order valence-electron chi connectivity index (χ2n) is 11.4. The van der Waals surface area contributed by atoms with Crippen molar-refractivity contribution in [3.8, 4) is 0 Å². The Morgan fingerprint density at radius 3 is 2.33 bits per heavy atom. The van der Waals surface area contributed by atoms with Gasteiger partial charge in [0.15, 0.2) is 0 Å². The molecular weight excluding hydrogens is 474 g/mol.